The molecule has 13 heavy (non-hydrogen) atoms. The average molecular weight is 208 g/mol. The second-order valence-electron chi connectivity index (χ2n) is 2.90. The fourth-order valence-corrected chi connectivity index (χ4v) is 1.11. The predicted molar refractivity (Wildman–Crippen MR) is 50.5 cm³/mol. The number of carbonyl (C=O) groups excluding carboxylic acids is 2. The fraction of sp³-hybridized carbons (Fsp3) is 0.714. The van der Waals surface area contributed by atoms with Crippen molar-refractivity contribution in [2.45, 2.75) is 13.0 Å². The Bertz CT molecular complexity index is 208. The van der Waals surface area contributed by atoms with E-state index in [1.54, 1.807) is 6.92 Å². The number of halogens is 1. The number of piperazine rings is 1. The maximum absolute atomic E-state index is 11.3. The Hall–Kier alpha value is -0.810. The summed E-state index contributed by atoms with van der Waals surface area (Å²) in [4.78, 5) is 23.6. The number of nitrogens with zero attached hydrogens (tertiary/aromatic N) is 1. The molecule has 0 aromatic heterocycles. The van der Waals surface area contributed by atoms with Crippen molar-refractivity contribution in [1.29, 1.82) is 0 Å². The van der Waals surface area contributed by atoms with E-state index in [1.807, 2.05) is 0 Å². The van der Waals surface area contributed by atoms with Gasteiger partial charge in [0.05, 0.1) is 12.6 Å². The largest absolute Gasteiger partial charge is 0.353 e. The van der Waals surface area contributed by atoms with E-state index >= 15 is 0 Å². The van der Waals surface area contributed by atoms with Gasteiger partial charge in [-0.25, -0.2) is 0 Å². The summed E-state index contributed by atoms with van der Waals surface area (Å²) in [5.41, 5.74) is 5.39. The second kappa shape index (κ2) is 5.04. The molecule has 1 aliphatic rings. The minimum Gasteiger partial charge on any atom is -0.353 e. The number of carbonyl (C=O) groups is 2. The summed E-state index contributed by atoms with van der Waals surface area (Å²) >= 11 is 0. The van der Waals surface area contributed by atoms with Crippen molar-refractivity contribution in [2.24, 2.45) is 5.73 Å². The highest BCUT2D eigenvalue weighted by atomic mass is 35.5. The van der Waals surface area contributed by atoms with Crippen LogP contribution in [0.1, 0.15) is 6.92 Å². The summed E-state index contributed by atoms with van der Waals surface area (Å²) in [7, 11) is 0. The second-order valence-corrected chi connectivity index (χ2v) is 2.90. The van der Waals surface area contributed by atoms with Crippen LogP contribution in [0.15, 0.2) is 0 Å². The Morgan fingerprint density at radius 1 is 1.69 bits per heavy atom. The molecular formula is C7H14ClN3O2. The standard InChI is InChI=1S/C7H13N3O2.ClH/c1-5(8)7(12)10-3-2-9-6(11)4-10;/h5H,2-4,8H2,1H3,(H,9,11);1H. The lowest BCUT2D eigenvalue weighted by molar-refractivity contribution is -0.138. The Morgan fingerprint density at radius 3 is 2.77 bits per heavy atom. The molecule has 6 heteroatoms. The molecule has 0 spiro atoms. The molecule has 76 valence electrons. The molecule has 1 rings (SSSR count). The number of rotatable bonds is 1. The lowest BCUT2D eigenvalue weighted by Gasteiger charge is -2.27. The lowest BCUT2D eigenvalue weighted by Crippen LogP contribution is -2.53. The van der Waals surface area contributed by atoms with Gasteiger partial charge in [0.15, 0.2) is 0 Å². The van der Waals surface area contributed by atoms with Crippen molar-refractivity contribution in [2.75, 3.05) is 19.6 Å². The van der Waals surface area contributed by atoms with Gasteiger partial charge >= 0.3 is 0 Å². The first kappa shape index (κ1) is 12.2. The predicted octanol–water partition coefficient (Wildman–Crippen LogP) is -1.29. The van der Waals surface area contributed by atoms with Gasteiger partial charge in [-0.1, -0.05) is 0 Å². The molecule has 5 nitrogen and oxygen atoms in total. The first-order valence-electron chi connectivity index (χ1n) is 3.92. The van der Waals surface area contributed by atoms with E-state index in [4.69, 9.17) is 5.73 Å². The summed E-state index contributed by atoms with van der Waals surface area (Å²) in [5, 5.41) is 2.63. The average Bonchev–Trinajstić information content (AvgIpc) is 2.03. The van der Waals surface area contributed by atoms with E-state index < -0.39 is 6.04 Å². The van der Waals surface area contributed by atoms with Gasteiger partial charge in [-0.2, -0.15) is 0 Å². The van der Waals surface area contributed by atoms with Crippen molar-refractivity contribution < 1.29 is 9.59 Å². The molecule has 0 aromatic rings. The number of hydrogen-bond acceptors (Lipinski definition) is 3. The van der Waals surface area contributed by atoms with Gasteiger partial charge in [0, 0.05) is 13.1 Å². The third-order valence-electron chi connectivity index (χ3n) is 1.74. The molecule has 3 N–H and O–H groups in total. The zero-order chi connectivity index (χ0) is 9.14. The molecule has 1 saturated heterocycles. The molecule has 1 unspecified atom stereocenters. The van der Waals surface area contributed by atoms with Gasteiger partial charge in [-0.05, 0) is 6.92 Å². The highest BCUT2D eigenvalue weighted by Crippen LogP contribution is 1.96. The first-order valence-corrected chi connectivity index (χ1v) is 3.92. The normalized spacial score (nSPS) is 18.6. The molecule has 0 aromatic carbocycles. The fourth-order valence-electron chi connectivity index (χ4n) is 1.11. The van der Waals surface area contributed by atoms with Crippen molar-refractivity contribution in [3.05, 3.63) is 0 Å². The Labute approximate surface area is 83.0 Å². The molecule has 1 aliphatic heterocycles. The van der Waals surface area contributed by atoms with Crippen LogP contribution in [-0.2, 0) is 9.59 Å². The van der Waals surface area contributed by atoms with Crippen LogP contribution in [-0.4, -0.2) is 42.4 Å². The molecule has 1 heterocycles. The Kier molecular flexibility index (Phi) is 4.72. The van der Waals surface area contributed by atoms with Gasteiger partial charge in [0.25, 0.3) is 0 Å². The van der Waals surface area contributed by atoms with E-state index in [1.165, 1.54) is 4.90 Å². The van der Waals surface area contributed by atoms with Gasteiger partial charge in [0.2, 0.25) is 11.8 Å². The lowest BCUT2D eigenvalue weighted by atomic mass is 10.2. The summed E-state index contributed by atoms with van der Waals surface area (Å²) in [6.45, 7) is 2.85. The van der Waals surface area contributed by atoms with Gasteiger partial charge in [0.1, 0.15) is 0 Å². The first-order chi connectivity index (χ1) is 5.61. The third kappa shape index (κ3) is 3.20. The smallest absolute Gasteiger partial charge is 0.239 e. The highest BCUT2D eigenvalue weighted by Gasteiger charge is 2.22. The minimum absolute atomic E-state index is 0. The number of nitrogens with two attached hydrogens (primary N) is 1. The number of hydrogen-bond donors (Lipinski definition) is 2. The van der Waals surface area contributed by atoms with E-state index in [0.29, 0.717) is 13.1 Å². The van der Waals surface area contributed by atoms with Gasteiger partial charge < -0.3 is 16.0 Å². The van der Waals surface area contributed by atoms with Gasteiger partial charge in [-0.15, -0.1) is 12.4 Å². The number of amides is 2. The SMILES string of the molecule is CC(N)C(=O)N1CCNC(=O)C1.Cl. The zero-order valence-electron chi connectivity index (χ0n) is 7.45. The Morgan fingerprint density at radius 2 is 2.31 bits per heavy atom. The third-order valence-corrected chi connectivity index (χ3v) is 1.74. The van der Waals surface area contributed by atoms with Crippen LogP contribution < -0.4 is 11.1 Å². The molecule has 0 radical (unpaired) electrons. The van der Waals surface area contributed by atoms with E-state index in [0.717, 1.165) is 0 Å². The van der Waals surface area contributed by atoms with Crippen LogP contribution in [0.5, 0.6) is 0 Å². The molecule has 2 amide bonds. The molecule has 0 aliphatic carbocycles. The summed E-state index contributed by atoms with van der Waals surface area (Å²) in [6, 6.07) is -0.518. The summed E-state index contributed by atoms with van der Waals surface area (Å²) in [5.74, 6) is -0.278. The molecule has 1 fully saturated rings. The van der Waals surface area contributed by atoms with E-state index in [-0.39, 0.29) is 30.8 Å². The van der Waals surface area contributed by atoms with Crippen LogP contribution in [0.25, 0.3) is 0 Å². The topological polar surface area (TPSA) is 75.4 Å². The molecular weight excluding hydrogens is 194 g/mol. The molecule has 0 bridgehead atoms. The zero-order valence-corrected chi connectivity index (χ0v) is 8.26. The van der Waals surface area contributed by atoms with Crippen LogP contribution in [0.4, 0.5) is 0 Å². The van der Waals surface area contributed by atoms with E-state index in [9.17, 15) is 9.59 Å². The highest BCUT2D eigenvalue weighted by molar-refractivity contribution is 5.88. The number of nitrogens with one attached hydrogen (secondary N) is 1. The Balaban J connectivity index is 0.00000144. The van der Waals surface area contributed by atoms with Crippen LogP contribution >= 0.6 is 12.4 Å². The quantitative estimate of drug-likeness (QED) is 0.562. The van der Waals surface area contributed by atoms with Crippen LogP contribution in [0.3, 0.4) is 0 Å². The van der Waals surface area contributed by atoms with Crippen molar-refractivity contribution >= 4 is 24.2 Å². The molecule has 1 atom stereocenters. The monoisotopic (exact) mass is 207 g/mol. The van der Waals surface area contributed by atoms with Crippen LogP contribution in [0.2, 0.25) is 0 Å². The van der Waals surface area contributed by atoms with Crippen LogP contribution in [0, 0.1) is 0 Å². The summed E-state index contributed by atoms with van der Waals surface area (Å²) < 4.78 is 0. The summed E-state index contributed by atoms with van der Waals surface area (Å²) in [6.07, 6.45) is 0. The maximum Gasteiger partial charge on any atom is 0.239 e. The van der Waals surface area contributed by atoms with Crippen molar-refractivity contribution in [1.82, 2.24) is 10.2 Å². The van der Waals surface area contributed by atoms with Crippen molar-refractivity contribution in [3.63, 3.8) is 0 Å². The van der Waals surface area contributed by atoms with E-state index in [2.05, 4.69) is 5.32 Å². The maximum atomic E-state index is 11.3. The minimum atomic E-state index is -0.518. The van der Waals surface area contributed by atoms with Gasteiger partial charge in [-0.3, -0.25) is 9.59 Å². The van der Waals surface area contributed by atoms with Crippen molar-refractivity contribution in [3.8, 4) is 0 Å². The molecule has 0 saturated carbocycles.